The van der Waals surface area contributed by atoms with Crippen LogP contribution in [0.3, 0.4) is 0 Å². The molecule has 1 fully saturated rings. The lowest BCUT2D eigenvalue weighted by molar-refractivity contribution is -0.123. The van der Waals surface area contributed by atoms with Gasteiger partial charge in [0, 0.05) is 30.7 Å². The number of hydrogen-bond acceptors (Lipinski definition) is 4. The molecule has 2 rings (SSSR count). The van der Waals surface area contributed by atoms with E-state index in [2.05, 4.69) is 22.3 Å². The van der Waals surface area contributed by atoms with Crippen LogP contribution in [-0.2, 0) is 11.3 Å². The van der Waals surface area contributed by atoms with Crippen molar-refractivity contribution in [3.63, 3.8) is 0 Å². The minimum Gasteiger partial charge on any atom is -0.352 e. The van der Waals surface area contributed by atoms with Crippen LogP contribution in [-0.4, -0.2) is 48.0 Å². The van der Waals surface area contributed by atoms with E-state index in [1.807, 2.05) is 18.4 Å². The Hall–Kier alpha value is -0.750. The molecule has 1 aliphatic rings. The second kappa shape index (κ2) is 9.52. The Balaban J connectivity index is 1.71. The molecule has 1 amide bonds. The Morgan fingerprint density at radius 3 is 2.65 bits per heavy atom. The quantitative estimate of drug-likeness (QED) is 0.789. The number of benzene rings is 1. The van der Waals surface area contributed by atoms with Gasteiger partial charge in [0.15, 0.2) is 0 Å². The van der Waals surface area contributed by atoms with Crippen molar-refractivity contribution in [1.82, 2.24) is 10.2 Å². The minimum atomic E-state index is -0.380. The maximum Gasteiger partial charge on any atom is 0.237 e. The van der Waals surface area contributed by atoms with E-state index in [1.54, 1.807) is 11.8 Å². The molecular weight excluding hydrogens is 330 g/mol. The molecule has 6 heteroatoms. The van der Waals surface area contributed by atoms with Crippen LogP contribution < -0.4 is 11.1 Å². The summed E-state index contributed by atoms with van der Waals surface area (Å²) in [4.78, 5) is 14.5. The van der Waals surface area contributed by atoms with E-state index in [0.29, 0.717) is 0 Å². The van der Waals surface area contributed by atoms with Crippen LogP contribution in [0.15, 0.2) is 24.3 Å². The zero-order valence-electron chi connectivity index (χ0n) is 13.6. The van der Waals surface area contributed by atoms with E-state index in [4.69, 9.17) is 17.3 Å². The summed E-state index contributed by atoms with van der Waals surface area (Å²) < 4.78 is 0. The summed E-state index contributed by atoms with van der Waals surface area (Å²) in [6, 6.07) is 7.88. The Bertz CT molecular complexity index is 489. The lowest BCUT2D eigenvalue weighted by Crippen LogP contribution is -2.49. The zero-order chi connectivity index (χ0) is 16.7. The van der Waals surface area contributed by atoms with Crippen LogP contribution in [0.25, 0.3) is 0 Å². The molecule has 0 aromatic heterocycles. The number of thioether (sulfide) groups is 1. The number of hydrogen-bond donors (Lipinski definition) is 2. The molecule has 23 heavy (non-hydrogen) atoms. The van der Waals surface area contributed by atoms with Crippen molar-refractivity contribution in [1.29, 1.82) is 0 Å². The molecule has 1 heterocycles. The van der Waals surface area contributed by atoms with Gasteiger partial charge in [-0.1, -0.05) is 23.7 Å². The smallest absolute Gasteiger partial charge is 0.237 e. The molecular formula is C17H26ClN3OS. The lowest BCUT2D eigenvalue weighted by Gasteiger charge is -2.32. The van der Waals surface area contributed by atoms with E-state index in [9.17, 15) is 4.79 Å². The summed E-state index contributed by atoms with van der Waals surface area (Å²) >= 11 is 7.63. The van der Waals surface area contributed by atoms with Crippen LogP contribution in [0.5, 0.6) is 0 Å². The highest BCUT2D eigenvalue weighted by Gasteiger charge is 2.22. The van der Waals surface area contributed by atoms with Gasteiger partial charge in [-0.25, -0.2) is 0 Å². The lowest BCUT2D eigenvalue weighted by atomic mass is 10.0. The number of nitrogens with zero attached hydrogens (tertiary/aromatic N) is 1. The van der Waals surface area contributed by atoms with Gasteiger partial charge < -0.3 is 11.1 Å². The summed E-state index contributed by atoms with van der Waals surface area (Å²) in [5.41, 5.74) is 7.19. The fourth-order valence-electron chi connectivity index (χ4n) is 2.77. The number of nitrogens with two attached hydrogens (primary N) is 1. The third-order valence-corrected chi connectivity index (χ3v) is 5.12. The first-order chi connectivity index (χ1) is 11.1. The Labute approximate surface area is 148 Å². The third kappa shape index (κ3) is 6.34. The molecule has 0 spiro atoms. The second-order valence-electron chi connectivity index (χ2n) is 6.07. The zero-order valence-corrected chi connectivity index (χ0v) is 15.2. The van der Waals surface area contributed by atoms with Crippen molar-refractivity contribution in [2.75, 3.05) is 25.1 Å². The standard InChI is InChI=1S/C17H26ClN3OS/c1-23-11-8-16(19)17(22)20-15-6-9-21(10-7-15)12-13-2-4-14(18)5-3-13/h2-5,15-16H,6-12,19H2,1H3,(H,20,22)/t16-/m0/s1. The SMILES string of the molecule is CSCC[C@H](N)C(=O)NC1CCN(Cc2ccc(Cl)cc2)CC1. The molecule has 0 bridgehead atoms. The van der Waals surface area contributed by atoms with Crippen molar-refractivity contribution in [3.05, 3.63) is 34.9 Å². The monoisotopic (exact) mass is 355 g/mol. The molecule has 4 nitrogen and oxygen atoms in total. The predicted molar refractivity (Wildman–Crippen MR) is 98.9 cm³/mol. The predicted octanol–water partition coefficient (Wildman–Crippen LogP) is 2.50. The normalized spacial score (nSPS) is 17.9. The summed E-state index contributed by atoms with van der Waals surface area (Å²) in [5, 5.41) is 3.87. The molecule has 0 saturated carbocycles. The average molecular weight is 356 g/mol. The Morgan fingerprint density at radius 1 is 1.39 bits per heavy atom. The number of rotatable bonds is 7. The molecule has 1 saturated heterocycles. The number of carbonyl (C=O) groups is 1. The van der Waals surface area contributed by atoms with Gasteiger partial charge in [0.05, 0.1) is 6.04 Å². The first-order valence-corrected chi connectivity index (χ1v) is 9.87. The minimum absolute atomic E-state index is 0.00444. The molecule has 128 valence electrons. The number of nitrogens with one attached hydrogen (secondary N) is 1. The van der Waals surface area contributed by atoms with Crippen LogP contribution >= 0.6 is 23.4 Å². The van der Waals surface area contributed by atoms with Gasteiger partial charge in [-0.05, 0) is 49.0 Å². The van der Waals surface area contributed by atoms with Gasteiger partial charge in [-0.2, -0.15) is 11.8 Å². The Kier molecular flexibility index (Phi) is 7.70. The summed E-state index contributed by atoms with van der Waals surface area (Å²) in [5.74, 6) is 0.920. The number of amides is 1. The van der Waals surface area contributed by atoms with E-state index in [0.717, 1.165) is 49.7 Å². The fourth-order valence-corrected chi connectivity index (χ4v) is 3.38. The molecule has 1 aliphatic heterocycles. The van der Waals surface area contributed by atoms with Crippen LogP contribution in [0.1, 0.15) is 24.8 Å². The van der Waals surface area contributed by atoms with Crippen LogP contribution in [0, 0.1) is 0 Å². The molecule has 0 unspecified atom stereocenters. The maximum atomic E-state index is 12.1. The molecule has 0 aliphatic carbocycles. The van der Waals surface area contributed by atoms with Gasteiger partial charge in [0.25, 0.3) is 0 Å². The highest BCUT2D eigenvalue weighted by Crippen LogP contribution is 2.16. The number of piperidine rings is 1. The van der Waals surface area contributed by atoms with Gasteiger partial charge in [-0.15, -0.1) is 0 Å². The van der Waals surface area contributed by atoms with E-state index >= 15 is 0 Å². The van der Waals surface area contributed by atoms with Crippen LogP contribution in [0.4, 0.5) is 0 Å². The van der Waals surface area contributed by atoms with Gasteiger partial charge in [-0.3, -0.25) is 9.69 Å². The molecule has 1 atom stereocenters. The van der Waals surface area contributed by atoms with Crippen molar-refractivity contribution in [2.24, 2.45) is 5.73 Å². The number of halogens is 1. The highest BCUT2D eigenvalue weighted by molar-refractivity contribution is 7.98. The molecule has 1 aromatic carbocycles. The maximum absolute atomic E-state index is 12.1. The second-order valence-corrected chi connectivity index (χ2v) is 7.50. The largest absolute Gasteiger partial charge is 0.352 e. The Morgan fingerprint density at radius 2 is 2.04 bits per heavy atom. The number of carbonyl (C=O) groups excluding carboxylic acids is 1. The molecule has 1 aromatic rings. The highest BCUT2D eigenvalue weighted by atomic mass is 35.5. The third-order valence-electron chi connectivity index (χ3n) is 4.22. The van der Waals surface area contributed by atoms with Crippen molar-refractivity contribution in [3.8, 4) is 0 Å². The van der Waals surface area contributed by atoms with E-state index < -0.39 is 0 Å². The summed E-state index contributed by atoms with van der Waals surface area (Å²) in [7, 11) is 0. The van der Waals surface area contributed by atoms with Crippen molar-refractivity contribution >= 4 is 29.3 Å². The van der Waals surface area contributed by atoms with E-state index in [1.165, 1.54) is 5.56 Å². The number of likely N-dealkylation sites (tertiary alicyclic amines) is 1. The molecule has 3 N–H and O–H groups in total. The van der Waals surface area contributed by atoms with Gasteiger partial charge >= 0.3 is 0 Å². The topological polar surface area (TPSA) is 58.4 Å². The summed E-state index contributed by atoms with van der Waals surface area (Å²) in [6.07, 6.45) is 4.73. The van der Waals surface area contributed by atoms with Crippen LogP contribution in [0.2, 0.25) is 5.02 Å². The summed E-state index contributed by atoms with van der Waals surface area (Å²) in [6.45, 7) is 2.92. The van der Waals surface area contributed by atoms with E-state index in [-0.39, 0.29) is 18.0 Å². The first kappa shape index (κ1) is 18.6. The van der Waals surface area contributed by atoms with Crippen molar-refractivity contribution < 1.29 is 4.79 Å². The average Bonchev–Trinajstić information content (AvgIpc) is 2.56. The van der Waals surface area contributed by atoms with Gasteiger partial charge in [0.2, 0.25) is 5.91 Å². The fraction of sp³-hybridized carbons (Fsp3) is 0.588. The van der Waals surface area contributed by atoms with Crippen molar-refractivity contribution in [2.45, 2.75) is 37.9 Å². The first-order valence-electron chi connectivity index (χ1n) is 8.10. The molecule has 0 radical (unpaired) electrons. The van der Waals surface area contributed by atoms with Gasteiger partial charge in [0.1, 0.15) is 0 Å².